The lowest BCUT2D eigenvalue weighted by Crippen LogP contribution is -2.46. The van der Waals surface area contributed by atoms with Gasteiger partial charge in [0.1, 0.15) is 0 Å². The molecule has 0 aromatic heterocycles. The predicted molar refractivity (Wildman–Crippen MR) is 130 cm³/mol. The average molecular weight is 459 g/mol. The Bertz CT molecular complexity index is 1140. The zero-order valence-electron chi connectivity index (χ0n) is 18.9. The summed E-state index contributed by atoms with van der Waals surface area (Å²) in [4.78, 5) is 40.8. The quantitative estimate of drug-likeness (QED) is 0.451. The van der Waals surface area contributed by atoms with E-state index in [2.05, 4.69) is 49.7 Å². The lowest BCUT2D eigenvalue weighted by atomic mass is 10.1. The third kappa shape index (κ3) is 5.35. The molecule has 2 N–H and O–H groups in total. The first kappa shape index (κ1) is 22.8. The number of hydrazine groups is 1. The van der Waals surface area contributed by atoms with Gasteiger partial charge in [-0.2, -0.15) is 0 Å². The smallest absolute Gasteiger partial charge is 0.337 e. The van der Waals surface area contributed by atoms with Crippen LogP contribution in [-0.2, 0) is 4.74 Å². The van der Waals surface area contributed by atoms with Crippen molar-refractivity contribution in [2.24, 2.45) is 0 Å². The molecule has 34 heavy (non-hydrogen) atoms. The molecule has 1 aliphatic heterocycles. The van der Waals surface area contributed by atoms with E-state index >= 15 is 0 Å². The Labute approximate surface area is 198 Å². The fourth-order valence-corrected chi connectivity index (χ4v) is 3.82. The van der Waals surface area contributed by atoms with Crippen molar-refractivity contribution in [3.8, 4) is 0 Å². The van der Waals surface area contributed by atoms with Gasteiger partial charge in [-0.05, 0) is 60.7 Å². The zero-order chi connectivity index (χ0) is 23.9. The van der Waals surface area contributed by atoms with E-state index in [1.165, 1.54) is 37.1 Å². The van der Waals surface area contributed by atoms with Crippen LogP contribution in [0.4, 0.5) is 11.4 Å². The van der Waals surface area contributed by atoms with Crippen molar-refractivity contribution in [1.29, 1.82) is 0 Å². The van der Waals surface area contributed by atoms with Crippen LogP contribution in [-0.4, -0.2) is 51.1 Å². The molecule has 3 aromatic rings. The second kappa shape index (κ2) is 10.5. The SMILES string of the molecule is COC(=O)c1ccc(C(=O)NNC(=O)c2ccc(N3CCN(c4ccccc4)CC3)cc2)cc1. The van der Waals surface area contributed by atoms with E-state index < -0.39 is 17.8 Å². The van der Waals surface area contributed by atoms with Gasteiger partial charge in [-0.3, -0.25) is 20.4 Å². The number of rotatable bonds is 5. The van der Waals surface area contributed by atoms with Crippen molar-refractivity contribution in [2.45, 2.75) is 0 Å². The Morgan fingerprint density at radius 3 is 1.50 bits per heavy atom. The molecule has 1 fully saturated rings. The second-order valence-electron chi connectivity index (χ2n) is 7.83. The summed E-state index contributed by atoms with van der Waals surface area (Å²) >= 11 is 0. The minimum absolute atomic E-state index is 0.304. The molecule has 1 saturated heterocycles. The highest BCUT2D eigenvalue weighted by Gasteiger charge is 2.18. The Morgan fingerprint density at radius 2 is 1.03 bits per heavy atom. The molecule has 4 rings (SSSR count). The van der Waals surface area contributed by atoms with Gasteiger partial charge in [0, 0.05) is 48.7 Å². The topological polar surface area (TPSA) is 91.0 Å². The number of hydrogen-bond donors (Lipinski definition) is 2. The first-order valence-corrected chi connectivity index (χ1v) is 11.0. The number of benzene rings is 3. The van der Waals surface area contributed by atoms with Crippen LogP contribution in [0.15, 0.2) is 78.9 Å². The molecule has 3 aromatic carbocycles. The van der Waals surface area contributed by atoms with Gasteiger partial charge in [-0.15, -0.1) is 0 Å². The maximum absolute atomic E-state index is 12.4. The number of para-hydroxylation sites is 1. The van der Waals surface area contributed by atoms with Gasteiger partial charge >= 0.3 is 5.97 Å². The van der Waals surface area contributed by atoms with Crippen LogP contribution in [0.1, 0.15) is 31.1 Å². The molecule has 0 atom stereocenters. The first-order chi connectivity index (χ1) is 16.5. The fraction of sp³-hybridized carbons (Fsp3) is 0.192. The maximum atomic E-state index is 12.4. The maximum Gasteiger partial charge on any atom is 0.337 e. The molecule has 0 unspecified atom stereocenters. The summed E-state index contributed by atoms with van der Waals surface area (Å²) in [6, 6.07) is 23.6. The summed E-state index contributed by atoms with van der Waals surface area (Å²) in [6.45, 7) is 3.65. The average Bonchev–Trinajstić information content (AvgIpc) is 2.92. The van der Waals surface area contributed by atoms with Crippen LogP contribution in [0.5, 0.6) is 0 Å². The van der Waals surface area contributed by atoms with Gasteiger partial charge in [0.2, 0.25) is 0 Å². The number of carbonyl (C=O) groups excluding carboxylic acids is 3. The van der Waals surface area contributed by atoms with E-state index in [0.29, 0.717) is 16.7 Å². The van der Waals surface area contributed by atoms with Crippen LogP contribution >= 0.6 is 0 Å². The minimum atomic E-state index is -0.488. The zero-order valence-corrected chi connectivity index (χ0v) is 18.9. The van der Waals surface area contributed by atoms with Gasteiger partial charge in [-0.25, -0.2) is 4.79 Å². The van der Waals surface area contributed by atoms with Crippen molar-refractivity contribution in [1.82, 2.24) is 10.9 Å². The number of hydrogen-bond acceptors (Lipinski definition) is 6. The molecule has 0 aliphatic carbocycles. The summed E-state index contributed by atoms with van der Waals surface area (Å²) < 4.78 is 4.63. The molecule has 1 aliphatic rings. The van der Waals surface area contributed by atoms with Crippen molar-refractivity contribution in [2.75, 3.05) is 43.1 Å². The fourth-order valence-electron chi connectivity index (χ4n) is 3.82. The van der Waals surface area contributed by atoms with Gasteiger partial charge in [0.15, 0.2) is 0 Å². The van der Waals surface area contributed by atoms with Gasteiger partial charge in [0.25, 0.3) is 11.8 Å². The van der Waals surface area contributed by atoms with E-state index in [4.69, 9.17) is 0 Å². The van der Waals surface area contributed by atoms with Crippen LogP contribution in [0.25, 0.3) is 0 Å². The molecular formula is C26H26N4O4. The van der Waals surface area contributed by atoms with Crippen LogP contribution in [0, 0.1) is 0 Å². The lowest BCUT2D eigenvalue weighted by molar-refractivity contribution is 0.0600. The van der Waals surface area contributed by atoms with E-state index in [9.17, 15) is 14.4 Å². The molecule has 1 heterocycles. The molecule has 0 radical (unpaired) electrons. The normalized spacial score (nSPS) is 13.2. The van der Waals surface area contributed by atoms with Crippen LogP contribution in [0.3, 0.4) is 0 Å². The summed E-state index contributed by atoms with van der Waals surface area (Å²) in [5.74, 6) is -1.39. The molecule has 0 saturated carbocycles. The summed E-state index contributed by atoms with van der Waals surface area (Å²) in [5.41, 5.74) is 8.17. The molecule has 0 bridgehead atoms. The van der Waals surface area contributed by atoms with Crippen molar-refractivity contribution >= 4 is 29.2 Å². The number of anilines is 2. The van der Waals surface area contributed by atoms with Gasteiger partial charge < -0.3 is 14.5 Å². The molecule has 174 valence electrons. The number of carbonyl (C=O) groups is 3. The van der Waals surface area contributed by atoms with E-state index in [1.54, 1.807) is 12.1 Å². The first-order valence-electron chi connectivity index (χ1n) is 11.0. The molecule has 0 spiro atoms. The Kier molecular flexibility index (Phi) is 7.07. The summed E-state index contributed by atoms with van der Waals surface area (Å²) in [7, 11) is 1.29. The number of ether oxygens (including phenoxy) is 1. The molecular weight excluding hydrogens is 432 g/mol. The number of piperazine rings is 1. The number of methoxy groups -OCH3 is 1. The highest BCUT2D eigenvalue weighted by molar-refractivity contribution is 5.99. The second-order valence-corrected chi connectivity index (χ2v) is 7.83. The standard InChI is InChI=1S/C26H26N4O4/c1-34-26(33)21-9-7-19(8-10-21)24(31)27-28-25(32)20-11-13-23(14-12-20)30-17-15-29(16-18-30)22-5-3-2-4-6-22/h2-14H,15-18H2,1H3,(H,27,31)(H,28,32). The van der Waals surface area contributed by atoms with Crippen LogP contribution in [0.2, 0.25) is 0 Å². The highest BCUT2D eigenvalue weighted by atomic mass is 16.5. The molecule has 8 heteroatoms. The third-order valence-corrected chi connectivity index (χ3v) is 5.75. The number of nitrogens with zero attached hydrogens (tertiary/aromatic N) is 2. The Hall–Kier alpha value is -4.33. The predicted octanol–water partition coefficient (Wildman–Crippen LogP) is 2.87. The number of esters is 1. The van der Waals surface area contributed by atoms with E-state index in [-0.39, 0.29) is 0 Å². The van der Waals surface area contributed by atoms with Gasteiger partial charge in [-0.1, -0.05) is 18.2 Å². The van der Waals surface area contributed by atoms with E-state index in [1.807, 2.05) is 18.2 Å². The van der Waals surface area contributed by atoms with Crippen molar-refractivity contribution in [3.63, 3.8) is 0 Å². The number of nitrogens with one attached hydrogen (secondary N) is 2. The minimum Gasteiger partial charge on any atom is -0.465 e. The third-order valence-electron chi connectivity index (χ3n) is 5.75. The van der Waals surface area contributed by atoms with E-state index in [0.717, 1.165) is 31.9 Å². The van der Waals surface area contributed by atoms with Crippen LogP contribution < -0.4 is 20.7 Å². The molecule has 2 amide bonds. The monoisotopic (exact) mass is 458 g/mol. The molecule has 8 nitrogen and oxygen atoms in total. The van der Waals surface area contributed by atoms with Gasteiger partial charge in [0.05, 0.1) is 12.7 Å². The number of amides is 2. The van der Waals surface area contributed by atoms with Crippen molar-refractivity contribution < 1.29 is 19.1 Å². The largest absolute Gasteiger partial charge is 0.465 e. The summed E-state index contributed by atoms with van der Waals surface area (Å²) in [6.07, 6.45) is 0. The highest BCUT2D eigenvalue weighted by Crippen LogP contribution is 2.21. The Balaban J connectivity index is 1.28. The van der Waals surface area contributed by atoms with Crippen molar-refractivity contribution in [3.05, 3.63) is 95.6 Å². The summed E-state index contributed by atoms with van der Waals surface area (Å²) in [5, 5.41) is 0. The lowest BCUT2D eigenvalue weighted by Gasteiger charge is -2.37. The Morgan fingerprint density at radius 1 is 0.618 bits per heavy atom.